The van der Waals surface area contributed by atoms with Gasteiger partial charge in [0, 0.05) is 19.3 Å². The molecule has 0 radical (unpaired) electrons. The van der Waals surface area contributed by atoms with Gasteiger partial charge in [-0.15, -0.1) is 5.10 Å². The van der Waals surface area contributed by atoms with Gasteiger partial charge in [-0.25, -0.2) is 9.48 Å². The Morgan fingerprint density at radius 1 is 1.30 bits per heavy atom. The van der Waals surface area contributed by atoms with Crippen molar-refractivity contribution in [3.8, 4) is 0 Å². The highest BCUT2D eigenvalue weighted by molar-refractivity contribution is 5.93. The molecule has 1 heterocycles. The maximum atomic E-state index is 12.5. The molecule has 0 aliphatic carbocycles. The minimum atomic E-state index is -1.20. The third-order valence-electron chi connectivity index (χ3n) is 3.29. The quantitative estimate of drug-likeness (QED) is 0.823. The third-order valence-corrected chi connectivity index (χ3v) is 3.29. The predicted molar refractivity (Wildman–Crippen MR) is 82.2 cm³/mol. The highest BCUT2D eigenvalue weighted by Gasteiger charge is 2.22. The van der Waals surface area contributed by atoms with Crippen LogP contribution in [0.15, 0.2) is 30.3 Å². The van der Waals surface area contributed by atoms with Gasteiger partial charge < -0.3 is 14.7 Å². The molecule has 0 fully saturated rings. The average molecular weight is 318 g/mol. The Labute approximate surface area is 133 Å². The van der Waals surface area contributed by atoms with Gasteiger partial charge in [0.15, 0.2) is 5.69 Å². The first kappa shape index (κ1) is 16.6. The summed E-state index contributed by atoms with van der Waals surface area (Å²) in [6, 6.07) is 9.23. The van der Waals surface area contributed by atoms with Crippen molar-refractivity contribution in [2.75, 3.05) is 18.6 Å². The monoisotopic (exact) mass is 318 g/mol. The number of ether oxygens (including phenoxy) is 1. The number of carboxylic acid groups (broad SMARTS) is 1. The molecule has 0 aliphatic rings. The molecule has 2 rings (SSSR count). The molecule has 0 saturated heterocycles. The van der Waals surface area contributed by atoms with Crippen molar-refractivity contribution in [1.82, 2.24) is 15.0 Å². The number of rotatable bonds is 7. The number of hydrogen-bond acceptors (Lipinski definition) is 5. The second kappa shape index (κ2) is 7.50. The van der Waals surface area contributed by atoms with Gasteiger partial charge in [0.05, 0.1) is 12.3 Å². The van der Waals surface area contributed by atoms with Crippen molar-refractivity contribution in [3.05, 3.63) is 41.7 Å². The number of nitrogens with zero attached hydrogens (tertiary/aromatic N) is 4. The number of para-hydroxylation sites is 1. The van der Waals surface area contributed by atoms with Crippen LogP contribution < -0.4 is 4.90 Å². The molecule has 0 atom stereocenters. The van der Waals surface area contributed by atoms with Gasteiger partial charge in [0.25, 0.3) is 0 Å². The van der Waals surface area contributed by atoms with Gasteiger partial charge in [0.2, 0.25) is 5.91 Å². The van der Waals surface area contributed by atoms with Crippen LogP contribution in [0, 0.1) is 0 Å². The van der Waals surface area contributed by atoms with Crippen molar-refractivity contribution in [1.29, 1.82) is 0 Å². The van der Waals surface area contributed by atoms with Gasteiger partial charge >= 0.3 is 5.97 Å². The molecule has 122 valence electrons. The fraction of sp³-hybridized carbons (Fsp3) is 0.333. The minimum Gasteiger partial charge on any atom is -0.476 e. The number of anilines is 1. The summed E-state index contributed by atoms with van der Waals surface area (Å²) in [6.45, 7) is 2.26. The zero-order valence-corrected chi connectivity index (χ0v) is 13.0. The van der Waals surface area contributed by atoms with E-state index >= 15 is 0 Å². The number of carbonyl (C=O) groups excluding carboxylic acids is 1. The van der Waals surface area contributed by atoms with Gasteiger partial charge in [-0.2, -0.15) is 0 Å². The van der Waals surface area contributed by atoms with E-state index in [0.29, 0.717) is 6.54 Å². The van der Waals surface area contributed by atoms with E-state index in [0.717, 1.165) is 5.69 Å². The second-order valence-electron chi connectivity index (χ2n) is 4.75. The topological polar surface area (TPSA) is 97.6 Å². The number of hydrogen-bond donors (Lipinski definition) is 1. The molecular weight excluding hydrogens is 300 g/mol. The lowest BCUT2D eigenvalue weighted by Crippen LogP contribution is -2.34. The van der Waals surface area contributed by atoms with E-state index < -0.39 is 5.97 Å². The molecule has 23 heavy (non-hydrogen) atoms. The number of amides is 1. The summed E-state index contributed by atoms with van der Waals surface area (Å²) in [7, 11) is 1.44. The lowest BCUT2D eigenvalue weighted by atomic mass is 10.2. The van der Waals surface area contributed by atoms with Crippen LogP contribution in [0.25, 0.3) is 0 Å². The molecule has 1 aromatic heterocycles. The van der Waals surface area contributed by atoms with Crippen LogP contribution in [0.1, 0.15) is 23.1 Å². The fourth-order valence-corrected chi connectivity index (χ4v) is 2.23. The Balaban J connectivity index is 2.24. The number of aromatic nitrogens is 3. The smallest absolute Gasteiger partial charge is 0.358 e. The number of carboxylic acids is 1. The van der Waals surface area contributed by atoms with E-state index in [9.17, 15) is 9.59 Å². The second-order valence-corrected chi connectivity index (χ2v) is 4.75. The SMILES string of the molecule is CCN(C(=O)Cn1nnc(C(=O)O)c1COC)c1ccccc1. The van der Waals surface area contributed by atoms with Crippen molar-refractivity contribution in [3.63, 3.8) is 0 Å². The van der Waals surface area contributed by atoms with Crippen LogP contribution in [0.3, 0.4) is 0 Å². The number of likely N-dealkylation sites (N-methyl/N-ethyl adjacent to an activating group) is 1. The molecule has 0 aliphatic heterocycles. The van der Waals surface area contributed by atoms with Gasteiger partial charge in [-0.3, -0.25) is 4.79 Å². The largest absolute Gasteiger partial charge is 0.476 e. The first-order valence-electron chi connectivity index (χ1n) is 7.08. The first-order valence-corrected chi connectivity index (χ1v) is 7.08. The maximum Gasteiger partial charge on any atom is 0.358 e. The zero-order chi connectivity index (χ0) is 16.8. The standard InChI is InChI=1S/C15H18N4O4/c1-3-18(11-7-5-4-6-8-11)13(20)9-19-12(10-23-2)14(15(21)22)16-17-19/h4-8H,3,9-10H2,1-2H3,(H,21,22). The zero-order valence-electron chi connectivity index (χ0n) is 13.0. The van der Waals surface area contributed by atoms with E-state index in [-0.39, 0.29) is 30.4 Å². The summed E-state index contributed by atoms with van der Waals surface area (Å²) in [6.07, 6.45) is 0. The maximum absolute atomic E-state index is 12.5. The molecule has 1 amide bonds. The first-order chi connectivity index (χ1) is 11.1. The molecule has 0 bridgehead atoms. The van der Waals surface area contributed by atoms with E-state index in [4.69, 9.17) is 9.84 Å². The van der Waals surface area contributed by atoms with Gasteiger partial charge in [-0.1, -0.05) is 23.4 Å². The normalized spacial score (nSPS) is 10.5. The lowest BCUT2D eigenvalue weighted by Gasteiger charge is -2.21. The Hall–Kier alpha value is -2.74. The Bertz CT molecular complexity index is 684. The summed E-state index contributed by atoms with van der Waals surface area (Å²) in [5, 5.41) is 16.5. The number of methoxy groups -OCH3 is 1. The van der Waals surface area contributed by atoms with Crippen molar-refractivity contribution in [2.45, 2.75) is 20.1 Å². The van der Waals surface area contributed by atoms with Crippen LogP contribution in [-0.2, 0) is 22.7 Å². The number of aromatic carboxylic acids is 1. The number of benzene rings is 1. The summed E-state index contributed by atoms with van der Waals surface area (Å²) < 4.78 is 6.25. The summed E-state index contributed by atoms with van der Waals surface area (Å²) in [5.41, 5.74) is 0.826. The Morgan fingerprint density at radius 3 is 2.57 bits per heavy atom. The molecule has 0 unspecified atom stereocenters. The summed E-state index contributed by atoms with van der Waals surface area (Å²) in [4.78, 5) is 25.3. The molecule has 0 spiro atoms. The fourth-order valence-electron chi connectivity index (χ4n) is 2.23. The summed E-state index contributed by atoms with van der Waals surface area (Å²) in [5.74, 6) is -1.41. The molecule has 8 heteroatoms. The van der Waals surface area contributed by atoms with Crippen LogP contribution in [0.4, 0.5) is 5.69 Å². The number of carbonyl (C=O) groups is 2. The Kier molecular flexibility index (Phi) is 5.42. The van der Waals surface area contributed by atoms with E-state index in [1.165, 1.54) is 11.8 Å². The molecular formula is C15H18N4O4. The molecule has 1 N–H and O–H groups in total. The molecule has 2 aromatic rings. The van der Waals surface area contributed by atoms with E-state index in [1.54, 1.807) is 4.90 Å². The molecule has 1 aromatic carbocycles. The van der Waals surface area contributed by atoms with Gasteiger partial charge in [-0.05, 0) is 19.1 Å². The van der Waals surface area contributed by atoms with Crippen LogP contribution >= 0.6 is 0 Å². The van der Waals surface area contributed by atoms with Crippen LogP contribution in [0.5, 0.6) is 0 Å². The van der Waals surface area contributed by atoms with Crippen molar-refractivity contribution in [2.24, 2.45) is 0 Å². The van der Waals surface area contributed by atoms with E-state index in [2.05, 4.69) is 10.3 Å². The lowest BCUT2D eigenvalue weighted by molar-refractivity contribution is -0.119. The van der Waals surface area contributed by atoms with E-state index in [1.807, 2.05) is 37.3 Å². The van der Waals surface area contributed by atoms with Crippen molar-refractivity contribution < 1.29 is 19.4 Å². The van der Waals surface area contributed by atoms with Gasteiger partial charge in [0.1, 0.15) is 6.54 Å². The highest BCUT2D eigenvalue weighted by Crippen LogP contribution is 2.14. The highest BCUT2D eigenvalue weighted by atomic mass is 16.5. The van der Waals surface area contributed by atoms with Crippen molar-refractivity contribution >= 4 is 17.6 Å². The molecule has 8 nitrogen and oxygen atoms in total. The summed E-state index contributed by atoms with van der Waals surface area (Å²) >= 11 is 0. The third kappa shape index (κ3) is 3.72. The molecule has 0 saturated carbocycles. The predicted octanol–water partition coefficient (Wildman–Crippen LogP) is 1.18. The average Bonchev–Trinajstić information content (AvgIpc) is 2.92. The van der Waals surface area contributed by atoms with Crippen LogP contribution in [-0.4, -0.2) is 45.6 Å². The minimum absolute atomic E-state index is 0.0133. The Morgan fingerprint density at radius 2 is 2.00 bits per heavy atom. The van der Waals surface area contributed by atoms with Crippen LogP contribution in [0.2, 0.25) is 0 Å².